The Morgan fingerprint density at radius 2 is 2.00 bits per heavy atom. The van der Waals surface area contributed by atoms with Crippen LogP contribution in [0.2, 0.25) is 0 Å². The highest BCUT2D eigenvalue weighted by molar-refractivity contribution is 5.94. The number of amides is 1. The highest BCUT2D eigenvalue weighted by Gasteiger charge is 2.07. The molecule has 5 nitrogen and oxygen atoms in total. The SMILES string of the molecule is CCN(CC)CCCNC(=O)c1ccc(NN)c(C)c1. The molecule has 1 rings (SSSR count). The molecular weight excluding hydrogens is 252 g/mol. The first-order valence-electron chi connectivity index (χ1n) is 7.20. The maximum Gasteiger partial charge on any atom is 0.251 e. The first-order valence-corrected chi connectivity index (χ1v) is 7.20. The highest BCUT2D eigenvalue weighted by atomic mass is 16.1. The van der Waals surface area contributed by atoms with Crippen LogP contribution in [-0.2, 0) is 0 Å². The Morgan fingerprint density at radius 3 is 2.55 bits per heavy atom. The van der Waals surface area contributed by atoms with E-state index in [1.54, 1.807) is 6.07 Å². The van der Waals surface area contributed by atoms with Crippen LogP contribution in [0.1, 0.15) is 36.2 Å². The monoisotopic (exact) mass is 278 g/mol. The number of aryl methyl sites for hydroxylation is 1. The van der Waals surface area contributed by atoms with Crippen molar-refractivity contribution in [3.63, 3.8) is 0 Å². The van der Waals surface area contributed by atoms with Crippen molar-refractivity contribution >= 4 is 11.6 Å². The molecule has 0 unspecified atom stereocenters. The van der Waals surface area contributed by atoms with Crippen LogP contribution in [0.25, 0.3) is 0 Å². The topological polar surface area (TPSA) is 70.4 Å². The predicted octanol–water partition coefficient (Wildman–Crippen LogP) is 1.74. The maximum absolute atomic E-state index is 12.0. The van der Waals surface area contributed by atoms with Gasteiger partial charge in [-0.3, -0.25) is 10.6 Å². The lowest BCUT2D eigenvalue weighted by molar-refractivity contribution is 0.0952. The number of benzene rings is 1. The van der Waals surface area contributed by atoms with Gasteiger partial charge in [-0.15, -0.1) is 0 Å². The lowest BCUT2D eigenvalue weighted by Crippen LogP contribution is -2.30. The van der Waals surface area contributed by atoms with Gasteiger partial charge in [0.1, 0.15) is 0 Å². The molecule has 0 aromatic heterocycles. The number of hydrogen-bond donors (Lipinski definition) is 3. The Labute approximate surface area is 121 Å². The van der Waals surface area contributed by atoms with E-state index in [0.29, 0.717) is 12.1 Å². The molecule has 0 fully saturated rings. The van der Waals surface area contributed by atoms with Gasteiger partial charge in [0.05, 0.1) is 5.69 Å². The molecule has 0 saturated carbocycles. The van der Waals surface area contributed by atoms with Crippen LogP contribution in [0.4, 0.5) is 5.69 Å². The van der Waals surface area contributed by atoms with Gasteiger partial charge in [0.25, 0.3) is 5.91 Å². The summed E-state index contributed by atoms with van der Waals surface area (Å²) in [5.41, 5.74) is 5.07. The van der Waals surface area contributed by atoms with Crippen LogP contribution >= 0.6 is 0 Å². The molecule has 0 spiro atoms. The minimum absolute atomic E-state index is 0.0313. The fourth-order valence-corrected chi connectivity index (χ4v) is 2.11. The van der Waals surface area contributed by atoms with Crippen molar-refractivity contribution in [1.29, 1.82) is 0 Å². The third-order valence-corrected chi connectivity index (χ3v) is 3.48. The van der Waals surface area contributed by atoms with Gasteiger partial charge in [-0.25, -0.2) is 0 Å². The molecule has 1 aromatic carbocycles. The molecule has 0 radical (unpaired) electrons. The second kappa shape index (κ2) is 8.55. The van der Waals surface area contributed by atoms with E-state index in [1.165, 1.54) is 0 Å². The van der Waals surface area contributed by atoms with Gasteiger partial charge in [-0.2, -0.15) is 0 Å². The molecule has 4 N–H and O–H groups in total. The van der Waals surface area contributed by atoms with E-state index >= 15 is 0 Å². The van der Waals surface area contributed by atoms with E-state index in [-0.39, 0.29) is 5.91 Å². The molecule has 0 atom stereocenters. The predicted molar refractivity (Wildman–Crippen MR) is 83.7 cm³/mol. The van der Waals surface area contributed by atoms with Crippen LogP contribution in [0.15, 0.2) is 18.2 Å². The van der Waals surface area contributed by atoms with Gasteiger partial charge in [0.2, 0.25) is 0 Å². The highest BCUT2D eigenvalue weighted by Crippen LogP contribution is 2.15. The summed E-state index contributed by atoms with van der Waals surface area (Å²) in [5, 5.41) is 2.95. The number of rotatable bonds is 8. The minimum Gasteiger partial charge on any atom is -0.352 e. The van der Waals surface area contributed by atoms with E-state index in [2.05, 4.69) is 29.5 Å². The van der Waals surface area contributed by atoms with Gasteiger partial charge in [0.15, 0.2) is 0 Å². The number of hydrazine groups is 1. The first-order chi connectivity index (χ1) is 9.62. The van der Waals surface area contributed by atoms with Gasteiger partial charge in [0, 0.05) is 12.1 Å². The van der Waals surface area contributed by atoms with Crippen molar-refractivity contribution in [2.75, 3.05) is 31.6 Å². The fourth-order valence-electron chi connectivity index (χ4n) is 2.11. The quantitative estimate of drug-likeness (QED) is 0.385. The summed E-state index contributed by atoms with van der Waals surface area (Å²) in [5.74, 6) is 5.34. The first kappa shape index (κ1) is 16.5. The minimum atomic E-state index is -0.0313. The number of nitrogens with one attached hydrogen (secondary N) is 2. The van der Waals surface area contributed by atoms with Gasteiger partial charge >= 0.3 is 0 Å². The standard InChI is InChI=1S/C15H26N4O/c1-4-19(5-2)10-6-9-17-15(20)13-7-8-14(18-16)12(3)11-13/h7-8,11,18H,4-6,9-10,16H2,1-3H3,(H,17,20). The third kappa shape index (κ3) is 4.83. The Hall–Kier alpha value is -1.59. The van der Waals surface area contributed by atoms with Crippen molar-refractivity contribution in [3.8, 4) is 0 Å². The van der Waals surface area contributed by atoms with E-state index in [9.17, 15) is 4.79 Å². The average molecular weight is 278 g/mol. The Kier molecular flexibility index (Phi) is 7.04. The summed E-state index contributed by atoms with van der Waals surface area (Å²) in [6.07, 6.45) is 0.967. The number of carbonyl (C=O) groups is 1. The zero-order valence-corrected chi connectivity index (χ0v) is 12.7. The zero-order valence-electron chi connectivity index (χ0n) is 12.7. The lowest BCUT2D eigenvalue weighted by Gasteiger charge is -2.17. The fraction of sp³-hybridized carbons (Fsp3) is 0.533. The van der Waals surface area contributed by atoms with Crippen LogP contribution < -0.4 is 16.6 Å². The molecule has 0 aliphatic rings. The van der Waals surface area contributed by atoms with E-state index in [4.69, 9.17) is 5.84 Å². The lowest BCUT2D eigenvalue weighted by atomic mass is 10.1. The summed E-state index contributed by atoms with van der Waals surface area (Å²) in [7, 11) is 0. The van der Waals surface area contributed by atoms with Crippen molar-refractivity contribution < 1.29 is 4.79 Å². The van der Waals surface area contributed by atoms with E-state index in [1.807, 2.05) is 19.1 Å². The van der Waals surface area contributed by atoms with Gasteiger partial charge < -0.3 is 15.6 Å². The molecule has 20 heavy (non-hydrogen) atoms. The maximum atomic E-state index is 12.0. The Balaban J connectivity index is 2.41. The van der Waals surface area contributed by atoms with E-state index in [0.717, 1.165) is 37.3 Å². The number of nitrogens with zero attached hydrogens (tertiary/aromatic N) is 1. The van der Waals surface area contributed by atoms with Crippen LogP contribution in [-0.4, -0.2) is 37.0 Å². The van der Waals surface area contributed by atoms with Crippen LogP contribution in [0.3, 0.4) is 0 Å². The van der Waals surface area contributed by atoms with Gasteiger partial charge in [-0.05, 0) is 56.7 Å². The molecule has 0 saturated heterocycles. The molecule has 0 bridgehead atoms. The molecule has 112 valence electrons. The number of hydrogen-bond acceptors (Lipinski definition) is 4. The number of nitrogens with two attached hydrogens (primary N) is 1. The number of nitrogen functional groups attached to an aromatic ring is 1. The van der Waals surface area contributed by atoms with Crippen molar-refractivity contribution in [2.24, 2.45) is 5.84 Å². The summed E-state index contributed by atoms with van der Waals surface area (Å²) in [6, 6.07) is 5.44. The Morgan fingerprint density at radius 1 is 1.30 bits per heavy atom. The third-order valence-electron chi connectivity index (χ3n) is 3.48. The molecule has 0 heterocycles. The van der Waals surface area contributed by atoms with Crippen molar-refractivity contribution in [2.45, 2.75) is 27.2 Å². The van der Waals surface area contributed by atoms with Gasteiger partial charge in [-0.1, -0.05) is 13.8 Å². The van der Waals surface area contributed by atoms with Crippen molar-refractivity contribution in [1.82, 2.24) is 10.2 Å². The normalized spacial score (nSPS) is 10.7. The van der Waals surface area contributed by atoms with Crippen molar-refractivity contribution in [3.05, 3.63) is 29.3 Å². The molecular formula is C15H26N4O. The second-order valence-corrected chi connectivity index (χ2v) is 4.81. The summed E-state index contributed by atoms with van der Waals surface area (Å²) < 4.78 is 0. The summed E-state index contributed by atoms with van der Waals surface area (Å²) in [4.78, 5) is 14.3. The smallest absolute Gasteiger partial charge is 0.251 e. The second-order valence-electron chi connectivity index (χ2n) is 4.81. The molecule has 5 heteroatoms. The zero-order chi connectivity index (χ0) is 15.0. The molecule has 0 aliphatic carbocycles. The summed E-state index contributed by atoms with van der Waals surface area (Å²) in [6.45, 7) is 10.0. The number of carbonyl (C=O) groups excluding carboxylic acids is 1. The van der Waals surface area contributed by atoms with Crippen LogP contribution in [0.5, 0.6) is 0 Å². The number of anilines is 1. The van der Waals surface area contributed by atoms with Crippen LogP contribution in [0, 0.1) is 6.92 Å². The summed E-state index contributed by atoms with van der Waals surface area (Å²) >= 11 is 0. The average Bonchev–Trinajstić information content (AvgIpc) is 2.47. The largest absolute Gasteiger partial charge is 0.352 e. The van der Waals surface area contributed by atoms with E-state index < -0.39 is 0 Å². The molecule has 0 aliphatic heterocycles. The molecule has 1 amide bonds. The molecule has 1 aromatic rings. The Bertz CT molecular complexity index is 430.